The second-order valence-corrected chi connectivity index (χ2v) is 5.77. The molecule has 1 amide bonds. The summed E-state index contributed by atoms with van der Waals surface area (Å²) in [6.45, 7) is 5.73. The van der Waals surface area contributed by atoms with Gasteiger partial charge in [0.1, 0.15) is 0 Å². The van der Waals surface area contributed by atoms with Gasteiger partial charge in [0, 0.05) is 32.6 Å². The van der Waals surface area contributed by atoms with Gasteiger partial charge in [0.05, 0.1) is 10.7 Å². The van der Waals surface area contributed by atoms with Crippen LogP contribution in [0.25, 0.3) is 0 Å². The number of rotatable bonds is 4. The van der Waals surface area contributed by atoms with E-state index in [0.717, 1.165) is 36.9 Å². The molecule has 1 saturated heterocycles. The molecule has 5 heteroatoms. The Morgan fingerprint density at radius 1 is 1.30 bits per heavy atom. The van der Waals surface area contributed by atoms with Crippen molar-refractivity contribution in [2.45, 2.75) is 13.3 Å². The largest absolute Gasteiger partial charge is 0.367 e. The van der Waals surface area contributed by atoms with Crippen LogP contribution in [0.1, 0.15) is 13.3 Å². The van der Waals surface area contributed by atoms with Crippen LogP contribution in [0.5, 0.6) is 0 Å². The third kappa shape index (κ3) is 3.64. The van der Waals surface area contributed by atoms with Gasteiger partial charge in [0.25, 0.3) is 0 Å². The van der Waals surface area contributed by atoms with E-state index in [9.17, 15) is 4.79 Å². The maximum Gasteiger partial charge on any atom is 0.223 e. The Morgan fingerprint density at radius 2 is 1.95 bits per heavy atom. The van der Waals surface area contributed by atoms with E-state index in [-0.39, 0.29) is 11.8 Å². The monoisotopic (exact) mass is 295 g/mol. The van der Waals surface area contributed by atoms with Crippen molar-refractivity contribution in [1.29, 1.82) is 0 Å². The number of anilines is 1. The molecule has 1 unspecified atom stereocenters. The summed E-state index contributed by atoms with van der Waals surface area (Å²) in [7, 11) is 0. The average Bonchev–Trinajstić information content (AvgIpc) is 2.47. The summed E-state index contributed by atoms with van der Waals surface area (Å²) < 4.78 is 0. The number of benzene rings is 1. The SMILES string of the molecule is CC(CN)CC(=O)N1CCN(c2ccccc2Cl)CC1. The number of carbonyl (C=O) groups excluding carboxylic acids is 1. The Hall–Kier alpha value is -1.26. The molecular weight excluding hydrogens is 274 g/mol. The Morgan fingerprint density at radius 3 is 2.55 bits per heavy atom. The van der Waals surface area contributed by atoms with Gasteiger partial charge in [-0.25, -0.2) is 0 Å². The summed E-state index contributed by atoms with van der Waals surface area (Å²) in [6, 6.07) is 7.84. The smallest absolute Gasteiger partial charge is 0.223 e. The number of hydrogen-bond donors (Lipinski definition) is 1. The van der Waals surface area contributed by atoms with Crippen molar-refractivity contribution < 1.29 is 4.79 Å². The molecule has 0 saturated carbocycles. The molecular formula is C15H22ClN3O. The van der Waals surface area contributed by atoms with Gasteiger partial charge in [-0.3, -0.25) is 4.79 Å². The zero-order valence-corrected chi connectivity index (χ0v) is 12.6. The molecule has 1 aliphatic heterocycles. The zero-order valence-electron chi connectivity index (χ0n) is 11.9. The minimum atomic E-state index is 0.210. The van der Waals surface area contributed by atoms with Crippen molar-refractivity contribution in [3.8, 4) is 0 Å². The predicted octanol–water partition coefficient (Wildman–Crippen LogP) is 1.97. The zero-order chi connectivity index (χ0) is 14.5. The number of hydrogen-bond acceptors (Lipinski definition) is 3. The van der Waals surface area contributed by atoms with Crippen molar-refractivity contribution in [3.05, 3.63) is 29.3 Å². The van der Waals surface area contributed by atoms with E-state index >= 15 is 0 Å². The molecule has 20 heavy (non-hydrogen) atoms. The number of halogens is 1. The van der Waals surface area contributed by atoms with Crippen LogP contribution in [0.2, 0.25) is 5.02 Å². The minimum Gasteiger partial charge on any atom is -0.367 e. The fourth-order valence-corrected chi connectivity index (χ4v) is 2.67. The van der Waals surface area contributed by atoms with Gasteiger partial charge in [0.15, 0.2) is 0 Å². The quantitative estimate of drug-likeness (QED) is 0.924. The maximum absolute atomic E-state index is 12.1. The molecule has 1 aromatic carbocycles. The standard InChI is InChI=1S/C15H22ClN3O/c1-12(11-17)10-15(20)19-8-6-18(7-9-19)14-5-3-2-4-13(14)16/h2-5,12H,6-11,17H2,1H3. The molecule has 0 radical (unpaired) electrons. The molecule has 1 aromatic rings. The normalized spacial score (nSPS) is 17.1. The van der Waals surface area contributed by atoms with E-state index in [1.165, 1.54) is 0 Å². The molecule has 0 bridgehead atoms. The number of nitrogens with zero attached hydrogens (tertiary/aromatic N) is 2. The molecule has 110 valence electrons. The van der Waals surface area contributed by atoms with Gasteiger partial charge in [0.2, 0.25) is 5.91 Å². The van der Waals surface area contributed by atoms with Crippen molar-refractivity contribution in [3.63, 3.8) is 0 Å². The lowest BCUT2D eigenvalue weighted by Gasteiger charge is -2.36. The van der Waals surface area contributed by atoms with Crippen LogP contribution in [0, 0.1) is 5.92 Å². The van der Waals surface area contributed by atoms with Crippen LogP contribution >= 0.6 is 11.6 Å². The molecule has 4 nitrogen and oxygen atoms in total. The summed E-state index contributed by atoms with van der Waals surface area (Å²) >= 11 is 6.21. The first-order valence-corrected chi connectivity index (χ1v) is 7.47. The number of amides is 1. The second-order valence-electron chi connectivity index (χ2n) is 5.36. The number of piperazine rings is 1. The van der Waals surface area contributed by atoms with Gasteiger partial charge >= 0.3 is 0 Å². The van der Waals surface area contributed by atoms with E-state index in [1.54, 1.807) is 0 Å². The summed E-state index contributed by atoms with van der Waals surface area (Å²) in [5.74, 6) is 0.464. The Balaban J connectivity index is 1.89. The van der Waals surface area contributed by atoms with Gasteiger partial charge < -0.3 is 15.5 Å². The van der Waals surface area contributed by atoms with Crippen LogP contribution in [0.4, 0.5) is 5.69 Å². The summed E-state index contributed by atoms with van der Waals surface area (Å²) in [6.07, 6.45) is 0.544. The molecule has 1 heterocycles. The highest BCUT2D eigenvalue weighted by molar-refractivity contribution is 6.33. The van der Waals surface area contributed by atoms with Crippen molar-refractivity contribution in [2.75, 3.05) is 37.6 Å². The second kappa shape index (κ2) is 6.95. The molecule has 1 fully saturated rings. The number of para-hydroxylation sites is 1. The Labute approximate surface area is 125 Å². The van der Waals surface area contributed by atoms with Gasteiger partial charge in [-0.15, -0.1) is 0 Å². The fraction of sp³-hybridized carbons (Fsp3) is 0.533. The Kier molecular flexibility index (Phi) is 5.26. The number of carbonyl (C=O) groups is 1. The van der Waals surface area contributed by atoms with Crippen molar-refractivity contribution in [2.24, 2.45) is 11.7 Å². The third-order valence-corrected chi connectivity index (χ3v) is 4.07. The fourth-order valence-electron chi connectivity index (χ4n) is 2.42. The average molecular weight is 296 g/mol. The molecule has 2 rings (SSSR count). The van der Waals surface area contributed by atoms with Crippen molar-refractivity contribution >= 4 is 23.2 Å². The topological polar surface area (TPSA) is 49.6 Å². The van der Waals surface area contributed by atoms with Crippen LogP contribution in [-0.4, -0.2) is 43.5 Å². The lowest BCUT2D eigenvalue weighted by molar-refractivity contribution is -0.132. The molecule has 0 spiro atoms. The van der Waals surface area contributed by atoms with Gasteiger partial charge in [-0.1, -0.05) is 30.7 Å². The highest BCUT2D eigenvalue weighted by atomic mass is 35.5. The molecule has 0 aliphatic carbocycles. The molecule has 1 aliphatic rings. The van der Waals surface area contributed by atoms with E-state index in [1.807, 2.05) is 36.1 Å². The minimum absolute atomic E-state index is 0.210. The van der Waals surface area contributed by atoms with Crippen LogP contribution in [-0.2, 0) is 4.79 Å². The lowest BCUT2D eigenvalue weighted by Crippen LogP contribution is -2.49. The highest BCUT2D eigenvalue weighted by Gasteiger charge is 2.22. The third-order valence-electron chi connectivity index (χ3n) is 3.75. The molecule has 0 aromatic heterocycles. The number of nitrogens with two attached hydrogens (primary N) is 1. The molecule has 1 atom stereocenters. The van der Waals surface area contributed by atoms with Gasteiger partial charge in [-0.2, -0.15) is 0 Å². The van der Waals surface area contributed by atoms with Crippen molar-refractivity contribution in [1.82, 2.24) is 4.90 Å². The summed E-state index contributed by atoms with van der Waals surface area (Å²) in [4.78, 5) is 16.3. The van der Waals surface area contributed by atoms with Crippen LogP contribution < -0.4 is 10.6 Å². The first-order chi connectivity index (χ1) is 9.61. The predicted molar refractivity (Wildman–Crippen MR) is 83.1 cm³/mol. The van der Waals surface area contributed by atoms with Crippen LogP contribution in [0.15, 0.2) is 24.3 Å². The van der Waals surface area contributed by atoms with E-state index in [0.29, 0.717) is 13.0 Å². The van der Waals surface area contributed by atoms with E-state index < -0.39 is 0 Å². The van der Waals surface area contributed by atoms with Gasteiger partial charge in [-0.05, 0) is 24.6 Å². The van der Waals surface area contributed by atoms with E-state index in [4.69, 9.17) is 17.3 Å². The Bertz CT molecular complexity index is 458. The summed E-state index contributed by atoms with van der Waals surface area (Å²) in [5.41, 5.74) is 6.62. The first kappa shape index (κ1) is 15.1. The van der Waals surface area contributed by atoms with E-state index in [2.05, 4.69) is 4.90 Å². The highest BCUT2D eigenvalue weighted by Crippen LogP contribution is 2.26. The van der Waals surface area contributed by atoms with Crippen LogP contribution in [0.3, 0.4) is 0 Å². The maximum atomic E-state index is 12.1. The summed E-state index contributed by atoms with van der Waals surface area (Å²) in [5, 5.41) is 0.768. The first-order valence-electron chi connectivity index (χ1n) is 7.09. The molecule has 2 N–H and O–H groups in total. The lowest BCUT2D eigenvalue weighted by atomic mass is 10.1.